The van der Waals surface area contributed by atoms with Crippen LogP contribution < -0.4 is 0 Å². The van der Waals surface area contributed by atoms with Gasteiger partial charge in [0.15, 0.2) is 0 Å². The highest BCUT2D eigenvalue weighted by molar-refractivity contribution is 6.06. The van der Waals surface area contributed by atoms with Gasteiger partial charge in [-0.15, -0.1) is 0 Å². The summed E-state index contributed by atoms with van der Waals surface area (Å²) in [7, 11) is 0. The fraction of sp³-hybridized carbons (Fsp3) is 0.368. The van der Waals surface area contributed by atoms with Crippen molar-refractivity contribution in [1.29, 1.82) is 0 Å². The Morgan fingerprint density at radius 2 is 1.59 bits per heavy atom. The first-order chi connectivity index (χ1) is 10.8. The zero-order valence-electron chi connectivity index (χ0n) is 12.4. The normalized spacial score (nSPS) is 32.5. The zero-order valence-corrected chi connectivity index (χ0v) is 12.4. The third kappa shape index (κ3) is 2.04. The number of hydrogen-bond donors (Lipinski definition) is 0. The molecule has 1 aliphatic heterocycles. The summed E-state index contributed by atoms with van der Waals surface area (Å²) in [6.45, 7) is 0.414. The summed E-state index contributed by atoms with van der Waals surface area (Å²) in [6, 6.07) is 10.2. The Labute approximate surface area is 130 Å². The van der Waals surface area contributed by atoms with E-state index in [1.807, 2.05) is 30.4 Å². The molecule has 0 aromatic heterocycles. The van der Waals surface area contributed by atoms with E-state index in [-0.39, 0.29) is 23.7 Å². The number of imide groups is 1. The summed E-state index contributed by atoms with van der Waals surface area (Å²) >= 11 is 0. The SMILES string of the molecule is O=C1C2C3C=CC(C3)C2C(=O)N1CC=CCc1ccccc1. The molecule has 2 amide bonds. The van der Waals surface area contributed by atoms with E-state index < -0.39 is 0 Å². The summed E-state index contributed by atoms with van der Waals surface area (Å²) in [5.41, 5.74) is 1.23. The number of fused-ring (bicyclic) bond motifs is 5. The molecule has 1 saturated heterocycles. The van der Waals surface area contributed by atoms with E-state index in [2.05, 4.69) is 24.3 Å². The second-order valence-corrected chi connectivity index (χ2v) is 6.45. The van der Waals surface area contributed by atoms with E-state index in [9.17, 15) is 9.59 Å². The topological polar surface area (TPSA) is 37.4 Å². The molecule has 3 nitrogen and oxygen atoms in total. The van der Waals surface area contributed by atoms with Crippen molar-refractivity contribution in [2.24, 2.45) is 23.7 Å². The third-order valence-electron chi connectivity index (χ3n) is 5.21. The Morgan fingerprint density at radius 1 is 0.955 bits per heavy atom. The minimum absolute atomic E-state index is 0.0382. The number of likely N-dealkylation sites (tertiary alicyclic amines) is 1. The lowest BCUT2D eigenvalue weighted by Gasteiger charge is -2.14. The molecule has 112 valence electrons. The monoisotopic (exact) mass is 293 g/mol. The molecule has 0 spiro atoms. The maximum absolute atomic E-state index is 12.5. The molecule has 3 heteroatoms. The Bertz CT molecular complexity index is 631. The van der Waals surface area contributed by atoms with Crippen LogP contribution in [-0.2, 0) is 16.0 Å². The van der Waals surface area contributed by atoms with Crippen molar-refractivity contribution in [3.8, 4) is 0 Å². The smallest absolute Gasteiger partial charge is 0.234 e. The molecule has 2 aliphatic carbocycles. The largest absolute Gasteiger partial charge is 0.278 e. The van der Waals surface area contributed by atoms with Gasteiger partial charge in [-0.2, -0.15) is 0 Å². The van der Waals surface area contributed by atoms with E-state index >= 15 is 0 Å². The minimum Gasteiger partial charge on any atom is -0.278 e. The number of allylic oxidation sites excluding steroid dienone is 3. The molecule has 1 aromatic carbocycles. The van der Waals surface area contributed by atoms with Crippen LogP contribution in [0.2, 0.25) is 0 Å². The number of carbonyl (C=O) groups is 2. The van der Waals surface area contributed by atoms with Gasteiger partial charge in [0.1, 0.15) is 0 Å². The predicted octanol–water partition coefficient (Wildman–Crippen LogP) is 2.59. The minimum atomic E-state index is -0.0787. The van der Waals surface area contributed by atoms with Gasteiger partial charge in [0, 0.05) is 6.54 Å². The first kappa shape index (κ1) is 13.5. The predicted molar refractivity (Wildman–Crippen MR) is 83.7 cm³/mol. The van der Waals surface area contributed by atoms with Gasteiger partial charge in [-0.05, 0) is 30.2 Å². The Morgan fingerprint density at radius 3 is 2.23 bits per heavy atom. The molecular formula is C19H19NO2. The second-order valence-electron chi connectivity index (χ2n) is 6.45. The highest BCUT2D eigenvalue weighted by atomic mass is 16.2. The lowest BCUT2D eigenvalue weighted by Crippen LogP contribution is -2.33. The lowest BCUT2D eigenvalue weighted by molar-refractivity contribution is -0.140. The lowest BCUT2D eigenvalue weighted by atomic mass is 9.85. The van der Waals surface area contributed by atoms with E-state index in [0.29, 0.717) is 18.4 Å². The molecule has 22 heavy (non-hydrogen) atoms. The summed E-state index contributed by atoms with van der Waals surface area (Å²) in [5.74, 6) is 0.511. The van der Waals surface area contributed by atoms with E-state index in [1.165, 1.54) is 10.5 Å². The number of rotatable bonds is 4. The van der Waals surface area contributed by atoms with Crippen molar-refractivity contribution in [2.45, 2.75) is 12.8 Å². The molecule has 0 radical (unpaired) electrons. The molecular weight excluding hydrogens is 274 g/mol. The molecule has 1 heterocycles. The highest BCUT2D eigenvalue weighted by Gasteiger charge is 2.58. The van der Waals surface area contributed by atoms with Gasteiger partial charge in [-0.3, -0.25) is 14.5 Å². The Hall–Kier alpha value is -2.16. The summed E-state index contributed by atoms with van der Waals surface area (Å²) in [4.78, 5) is 26.4. The Kier molecular flexibility index (Phi) is 3.21. The Balaban J connectivity index is 1.40. The highest BCUT2D eigenvalue weighted by Crippen LogP contribution is 2.52. The van der Waals surface area contributed by atoms with Crippen LogP contribution >= 0.6 is 0 Å². The van der Waals surface area contributed by atoms with Crippen LogP contribution in [0.3, 0.4) is 0 Å². The standard InChI is InChI=1S/C19H19NO2/c21-18-16-14-9-10-15(12-14)17(16)19(22)20(18)11-5-4-8-13-6-2-1-3-7-13/h1-7,9-10,14-17H,8,11-12H2. The van der Waals surface area contributed by atoms with E-state index in [1.54, 1.807) is 0 Å². The van der Waals surface area contributed by atoms with Crippen LogP contribution in [-0.4, -0.2) is 23.3 Å². The van der Waals surface area contributed by atoms with Gasteiger partial charge in [0.2, 0.25) is 11.8 Å². The van der Waals surface area contributed by atoms with Gasteiger partial charge in [-0.1, -0.05) is 54.6 Å². The summed E-state index contributed by atoms with van der Waals surface area (Å²) in [5, 5.41) is 0. The van der Waals surface area contributed by atoms with Gasteiger partial charge in [-0.25, -0.2) is 0 Å². The average Bonchev–Trinajstić information content (AvgIpc) is 3.21. The molecule has 1 aromatic rings. The first-order valence-corrected chi connectivity index (χ1v) is 7.98. The van der Waals surface area contributed by atoms with Crippen LogP contribution in [0.5, 0.6) is 0 Å². The van der Waals surface area contributed by atoms with Crippen molar-refractivity contribution in [3.05, 3.63) is 60.2 Å². The fourth-order valence-corrected chi connectivity index (χ4v) is 4.16. The van der Waals surface area contributed by atoms with Crippen LogP contribution in [0.25, 0.3) is 0 Å². The molecule has 4 unspecified atom stereocenters. The average molecular weight is 293 g/mol. The van der Waals surface area contributed by atoms with Gasteiger partial charge in [0.05, 0.1) is 11.8 Å². The number of hydrogen-bond acceptors (Lipinski definition) is 2. The maximum Gasteiger partial charge on any atom is 0.234 e. The number of carbonyl (C=O) groups excluding carboxylic acids is 2. The molecule has 2 bridgehead atoms. The van der Waals surface area contributed by atoms with Crippen molar-refractivity contribution in [2.75, 3.05) is 6.54 Å². The third-order valence-corrected chi connectivity index (χ3v) is 5.21. The summed E-state index contributed by atoms with van der Waals surface area (Å²) < 4.78 is 0. The molecule has 4 rings (SSSR count). The molecule has 3 aliphatic rings. The van der Waals surface area contributed by atoms with Gasteiger partial charge >= 0.3 is 0 Å². The summed E-state index contributed by atoms with van der Waals surface area (Å²) in [6.07, 6.45) is 10.1. The maximum atomic E-state index is 12.5. The number of benzene rings is 1. The van der Waals surface area contributed by atoms with Crippen molar-refractivity contribution < 1.29 is 9.59 Å². The molecule has 1 saturated carbocycles. The molecule has 4 atom stereocenters. The van der Waals surface area contributed by atoms with Crippen molar-refractivity contribution >= 4 is 11.8 Å². The number of amides is 2. The number of nitrogens with zero attached hydrogens (tertiary/aromatic N) is 1. The van der Waals surface area contributed by atoms with Gasteiger partial charge in [0.25, 0.3) is 0 Å². The van der Waals surface area contributed by atoms with Crippen molar-refractivity contribution in [3.63, 3.8) is 0 Å². The van der Waals surface area contributed by atoms with Crippen LogP contribution in [0.4, 0.5) is 0 Å². The molecule has 0 N–H and O–H groups in total. The van der Waals surface area contributed by atoms with Crippen molar-refractivity contribution in [1.82, 2.24) is 4.90 Å². The van der Waals surface area contributed by atoms with Crippen LogP contribution in [0.1, 0.15) is 12.0 Å². The molecule has 2 fully saturated rings. The fourth-order valence-electron chi connectivity index (χ4n) is 4.16. The second kappa shape index (κ2) is 5.24. The quantitative estimate of drug-likeness (QED) is 0.632. The first-order valence-electron chi connectivity index (χ1n) is 7.98. The van der Waals surface area contributed by atoms with E-state index in [0.717, 1.165) is 12.8 Å². The van der Waals surface area contributed by atoms with Crippen LogP contribution in [0, 0.1) is 23.7 Å². The van der Waals surface area contributed by atoms with Crippen LogP contribution in [0.15, 0.2) is 54.6 Å². The zero-order chi connectivity index (χ0) is 15.1. The van der Waals surface area contributed by atoms with Gasteiger partial charge < -0.3 is 0 Å². The van der Waals surface area contributed by atoms with E-state index in [4.69, 9.17) is 0 Å².